The van der Waals surface area contributed by atoms with E-state index in [0.717, 1.165) is 22.7 Å². The summed E-state index contributed by atoms with van der Waals surface area (Å²) < 4.78 is 2.38. The van der Waals surface area contributed by atoms with E-state index in [1.54, 1.807) is 0 Å². The van der Waals surface area contributed by atoms with Gasteiger partial charge in [-0.2, -0.15) is 0 Å². The molecule has 0 spiro atoms. The zero-order valence-electron chi connectivity index (χ0n) is 23.1. The molecule has 0 N–H and O–H groups in total. The van der Waals surface area contributed by atoms with Crippen LogP contribution in [0.1, 0.15) is 0 Å². The second-order valence-electron chi connectivity index (χ2n) is 10.6. The number of aromatic nitrogens is 1. The lowest BCUT2D eigenvalue weighted by molar-refractivity contribution is 1.18. The zero-order chi connectivity index (χ0) is 27.9. The molecule has 1 heterocycles. The second-order valence-corrected chi connectivity index (χ2v) is 10.6. The van der Waals surface area contributed by atoms with Crippen molar-refractivity contribution in [2.45, 2.75) is 0 Å². The normalized spacial score (nSPS) is 11.3. The van der Waals surface area contributed by atoms with Crippen LogP contribution >= 0.6 is 0 Å². The highest BCUT2D eigenvalue weighted by Gasteiger charge is 2.18. The van der Waals surface area contributed by atoms with Crippen LogP contribution in [-0.2, 0) is 0 Å². The average Bonchev–Trinajstić information content (AvgIpc) is 3.39. The quantitative estimate of drug-likeness (QED) is 0.212. The number of hydrogen-bond donors (Lipinski definition) is 0. The molecular formula is C40H28N2. The Morgan fingerprint density at radius 3 is 1.83 bits per heavy atom. The highest BCUT2D eigenvalue weighted by atomic mass is 15.1. The van der Waals surface area contributed by atoms with Crippen molar-refractivity contribution in [3.63, 3.8) is 0 Å². The molecule has 0 aliphatic rings. The Labute approximate surface area is 245 Å². The molecule has 8 aromatic rings. The van der Waals surface area contributed by atoms with Crippen molar-refractivity contribution in [2.24, 2.45) is 0 Å². The van der Waals surface area contributed by atoms with Crippen molar-refractivity contribution < 1.29 is 0 Å². The van der Waals surface area contributed by atoms with Gasteiger partial charge in [-0.3, -0.25) is 0 Å². The Balaban J connectivity index is 1.38. The van der Waals surface area contributed by atoms with Gasteiger partial charge in [-0.25, -0.2) is 0 Å². The van der Waals surface area contributed by atoms with Gasteiger partial charge >= 0.3 is 0 Å². The summed E-state index contributed by atoms with van der Waals surface area (Å²) in [4.78, 5) is 2.37. The van der Waals surface area contributed by atoms with Gasteiger partial charge in [0.05, 0.1) is 11.0 Å². The van der Waals surface area contributed by atoms with Gasteiger partial charge < -0.3 is 9.47 Å². The van der Waals surface area contributed by atoms with E-state index in [2.05, 4.69) is 179 Å². The summed E-state index contributed by atoms with van der Waals surface area (Å²) in [6, 6.07) is 60.9. The van der Waals surface area contributed by atoms with E-state index in [-0.39, 0.29) is 0 Å². The van der Waals surface area contributed by atoms with Crippen molar-refractivity contribution in [2.75, 3.05) is 4.90 Å². The van der Waals surface area contributed by atoms with Crippen LogP contribution in [0.5, 0.6) is 0 Å². The molecule has 2 heteroatoms. The fourth-order valence-corrected chi connectivity index (χ4v) is 6.25. The summed E-state index contributed by atoms with van der Waals surface area (Å²) in [6.07, 6.45) is 0. The van der Waals surface area contributed by atoms with E-state index in [9.17, 15) is 0 Å². The van der Waals surface area contributed by atoms with E-state index < -0.39 is 0 Å². The highest BCUT2D eigenvalue weighted by molar-refractivity contribution is 6.10. The Morgan fingerprint density at radius 1 is 0.381 bits per heavy atom. The van der Waals surface area contributed by atoms with Gasteiger partial charge in [-0.05, 0) is 76.5 Å². The third kappa shape index (κ3) is 4.05. The molecule has 8 rings (SSSR count). The topological polar surface area (TPSA) is 8.17 Å². The molecule has 0 saturated heterocycles. The smallest absolute Gasteiger partial charge is 0.0561 e. The Bertz CT molecular complexity index is 2180. The van der Waals surface area contributed by atoms with Crippen LogP contribution in [0.2, 0.25) is 0 Å². The number of fused-ring (bicyclic) bond motifs is 4. The number of anilines is 3. The molecule has 0 saturated carbocycles. The van der Waals surface area contributed by atoms with Crippen LogP contribution < -0.4 is 4.90 Å². The molecule has 42 heavy (non-hydrogen) atoms. The molecule has 0 amide bonds. The van der Waals surface area contributed by atoms with Gasteiger partial charge in [0.2, 0.25) is 0 Å². The summed E-state index contributed by atoms with van der Waals surface area (Å²) in [7, 11) is 0. The third-order valence-electron chi connectivity index (χ3n) is 8.15. The van der Waals surface area contributed by atoms with E-state index in [4.69, 9.17) is 0 Å². The highest BCUT2D eigenvalue weighted by Crippen LogP contribution is 2.41. The van der Waals surface area contributed by atoms with Gasteiger partial charge in [0.25, 0.3) is 0 Å². The van der Waals surface area contributed by atoms with Crippen molar-refractivity contribution >= 4 is 49.6 Å². The van der Waals surface area contributed by atoms with Crippen LogP contribution in [0.3, 0.4) is 0 Å². The van der Waals surface area contributed by atoms with Crippen molar-refractivity contribution in [1.29, 1.82) is 0 Å². The lowest BCUT2D eigenvalue weighted by Crippen LogP contribution is -2.10. The largest absolute Gasteiger partial charge is 0.310 e. The summed E-state index contributed by atoms with van der Waals surface area (Å²) in [6.45, 7) is 0. The molecular weight excluding hydrogens is 508 g/mol. The number of rotatable bonds is 5. The summed E-state index contributed by atoms with van der Waals surface area (Å²) >= 11 is 0. The first kappa shape index (κ1) is 24.2. The minimum atomic E-state index is 1.12. The van der Waals surface area contributed by atoms with Gasteiger partial charge in [0.1, 0.15) is 0 Å². The number of hydrogen-bond acceptors (Lipinski definition) is 1. The standard InChI is InChI=1S/C40H28N2/c1-4-13-29(14-5-1)35-21-12-15-30-23-24-33(27-38(30)35)41(31-16-6-2-7-17-31)34-25-26-37-36-20-10-11-22-39(36)42(40(37)28-34)32-18-8-3-9-19-32/h1-28H. The zero-order valence-corrected chi connectivity index (χ0v) is 23.1. The van der Waals surface area contributed by atoms with Crippen molar-refractivity contribution in [3.8, 4) is 16.8 Å². The van der Waals surface area contributed by atoms with Crippen LogP contribution in [-0.4, -0.2) is 4.57 Å². The summed E-state index contributed by atoms with van der Waals surface area (Å²) in [5.74, 6) is 0. The molecule has 198 valence electrons. The van der Waals surface area contributed by atoms with Gasteiger partial charge in [-0.15, -0.1) is 0 Å². The van der Waals surface area contributed by atoms with E-state index >= 15 is 0 Å². The van der Waals surface area contributed by atoms with Crippen LogP contribution in [0.25, 0.3) is 49.4 Å². The molecule has 2 nitrogen and oxygen atoms in total. The van der Waals surface area contributed by atoms with E-state index in [1.807, 2.05) is 0 Å². The van der Waals surface area contributed by atoms with E-state index in [1.165, 1.54) is 43.7 Å². The molecule has 0 aliphatic carbocycles. The molecule has 0 fully saturated rings. The average molecular weight is 537 g/mol. The minimum Gasteiger partial charge on any atom is -0.310 e. The fourth-order valence-electron chi connectivity index (χ4n) is 6.25. The SMILES string of the molecule is c1ccc(-c2cccc3ccc(N(c4ccccc4)c4ccc5c6ccccc6n(-c6ccccc6)c5c4)cc23)cc1. The first-order chi connectivity index (χ1) is 20.8. The van der Waals surface area contributed by atoms with E-state index in [0.29, 0.717) is 0 Å². The number of nitrogens with zero attached hydrogens (tertiary/aromatic N) is 2. The lowest BCUT2D eigenvalue weighted by atomic mass is 9.97. The van der Waals surface area contributed by atoms with Crippen molar-refractivity contribution in [3.05, 3.63) is 170 Å². The maximum absolute atomic E-state index is 2.38. The second kappa shape index (κ2) is 10.1. The molecule has 0 aliphatic heterocycles. The van der Waals surface area contributed by atoms with Gasteiger partial charge in [0.15, 0.2) is 0 Å². The molecule has 0 radical (unpaired) electrons. The minimum absolute atomic E-state index is 1.12. The molecule has 0 bridgehead atoms. The first-order valence-corrected chi connectivity index (χ1v) is 14.4. The number of benzene rings is 7. The third-order valence-corrected chi connectivity index (χ3v) is 8.15. The predicted octanol–water partition coefficient (Wildman–Crippen LogP) is 11.1. The maximum atomic E-state index is 2.38. The number of para-hydroxylation sites is 3. The maximum Gasteiger partial charge on any atom is 0.0561 e. The van der Waals surface area contributed by atoms with Gasteiger partial charge in [-0.1, -0.05) is 115 Å². The monoisotopic (exact) mass is 536 g/mol. The lowest BCUT2D eigenvalue weighted by Gasteiger charge is -2.26. The predicted molar refractivity (Wildman–Crippen MR) is 178 cm³/mol. The Kier molecular flexibility index (Phi) is 5.82. The van der Waals surface area contributed by atoms with Crippen molar-refractivity contribution in [1.82, 2.24) is 4.57 Å². The molecule has 7 aromatic carbocycles. The van der Waals surface area contributed by atoms with Crippen LogP contribution in [0.15, 0.2) is 170 Å². The van der Waals surface area contributed by atoms with Crippen LogP contribution in [0, 0.1) is 0 Å². The van der Waals surface area contributed by atoms with Crippen LogP contribution in [0.4, 0.5) is 17.1 Å². The fraction of sp³-hybridized carbons (Fsp3) is 0. The molecule has 0 unspecified atom stereocenters. The summed E-state index contributed by atoms with van der Waals surface area (Å²) in [5, 5.41) is 4.97. The molecule has 0 atom stereocenters. The Morgan fingerprint density at radius 2 is 1.02 bits per heavy atom. The summed E-state index contributed by atoms with van der Waals surface area (Å²) in [5.41, 5.74) is 9.37. The van der Waals surface area contributed by atoms with Gasteiger partial charge in [0, 0.05) is 33.5 Å². The first-order valence-electron chi connectivity index (χ1n) is 14.4. The Hall–Kier alpha value is -5.60. The molecule has 1 aromatic heterocycles.